The van der Waals surface area contributed by atoms with Crippen molar-refractivity contribution in [2.75, 3.05) is 26.2 Å². The van der Waals surface area contributed by atoms with Gasteiger partial charge in [-0.1, -0.05) is 43.7 Å². The number of alkyl halides is 3. The molecule has 6 nitrogen and oxygen atoms in total. The highest BCUT2D eigenvalue weighted by Crippen LogP contribution is 2.36. The van der Waals surface area contributed by atoms with Gasteiger partial charge in [-0.2, -0.15) is 13.2 Å². The summed E-state index contributed by atoms with van der Waals surface area (Å²) in [4.78, 5) is 19.0. The number of carbonyl (C=O) groups is 1. The van der Waals surface area contributed by atoms with Crippen molar-refractivity contribution >= 4 is 17.7 Å². The number of rotatable bonds is 11. The number of benzene rings is 1. The standard InChI is InChI=1S/C24H28F3N3OS.CH3NO/c1-2-3-11-30(13-14-31)12-9-22-29-23(24(25,26)27)21(32-22)16-18-6-4-7-19(15-18)20-8-5-10-28-17-20;2-1-3/h4-8,10,15,17,31H,2-3,9,11-14,16H2,1H3;1H,(H2,2,3). The third-order valence-corrected chi connectivity index (χ3v) is 6.30. The van der Waals surface area contributed by atoms with Gasteiger partial charge in [0.15, 0.2) is 5.69 Å². The van der Waals surface area contributed by atoms with Crippen LogP contribution in [0.4, 0.5) is 13.2 Å². The molecule has 0 radical (unpaired) electrons. The van der Waals surface area contributed by atoms with Crippen LogP contribution < -0.4 is 5.73 Å². The van der Waals surface area contributed by atoms with E-state index < -0.39 is 11.9 Å². The molecular weight excluding hydrogens is 477 g/mol. The molecule has 35 heavy (non-hydrogen) atoms. The number of amides is 1. The Kier molecular flexibility index (Phi) is 11.8. The van der Waals surface area contributed by atoms with Gasteiger partial charge in [0.1, 0.15) is 0 Å². The Bertz CT molecular complexity index is 1030. The Morgan fingerprint density at radius 1 is 1.14 bits per heavy atom. The van der Waals surface area contributed by atoms with Crippen molar-refractivity contribution in [3.05, 3.63) is 69.9 Å². The highest BCUT2D eigenvalue weighted by Gasteiger charge is 2.37. The van der Waals surface area contributed by atoms with E-state index in [-0.39, 0.29) is 24.3 Å². The first-order valence-corrected chi connectivity index (χ1v) is 12.2. The Hall–Kier alpha value is -2.82. The van der Waals surface area contributed by atoms with Crippen LogP contribution in [0.2, 0.25) is 0 Å². The van der Waals surface area contributed by atoms with E-state index in [9.17, 15) is 18.3 Å². The quantitative estimate of drug-likeness (QED) is 0.371. The smallest absolute Gasteiger partial charge is 0.395 e. The molecule has 0 fully saturated rings. The van der Waals surface area contributed by atoms with Crippen LogP contribution in [0.5, 0.6) is 0 Å². The van der Waals surface area contributed by atoms with E-state index >= 15 is 0 Å². The van der Waals surface area contributed by atoms with Crippen LogP contribution in [0.15, 0.2) is 48.8 Å². The average Bonchev–Trinajstić information content (AvgIpc) is 3.25. The Balaban J connectivity index is 0.00000137. The first-order chi connectivity index (χ1) is 16.8. The predicted molar refractivity (Wildman–Crippen MR) is 132 cm³/mol. The van der Waals surface area contributed by atoms with Crippen LogP contribution in [0, 0.1) is 0 Å². The molecule has 2 aromatic heterocycles. The molecule has 1 aromatic carbocycles. The van der Waals surface area contributed by atoms with Gasteiger partial charge in [-0.15, -0.1) is 11.3 Å². The van der Waals surface area contributed by atoms with E-state index in [4.69, 9.17) is 4.79 Å². The highest BCUT2D eigenvalue weighted by molar-refractivity contribution is 7.11. The molecule has 0 aliphatic heterocycles. The van der Waals surface area contributed by atoms with Gasteiger partial charge in [0, 0.05) is 43.2 Å². The number of aromatic nitrogens is 2. The molecule has 2 heterocycles. The topological polar surface area (TPSA) is 92.3 Å². The van der Waals surface area contributed by atoms with Crippen molar-refractivity contribution in [1.82, 2.24) is 14.9 Å². The average molecular weight is 509 g/mol. The van der Waals surface area contributed by atoms with E-state index in [2.05, 4.69) is 27.5 Å². The second-order valence-corrected chi connectivity index (χ2v) is 8.97. The number of halogens is 3. The predicted octanol–water partition coefficient (Wildman–Crippen LogP) is 4.55. The van der Waals surface area contributed by atoms with Gasteiger partial charge in [-0.3, -0.25) is 9.78 Å². The molecule has 1 amide bonds. The molecule has 0 bridgehead atoms. The molecule has 0 saturated carbocycles. The number of primary amides is 1. The summed E-state index contributed by atoms with van der Waals surface area (Å²) < 4.78 is 41.1. The van der Waals surface area contributed by atoms with Crippen molar-refractivity contribution in [2.24, 2.45) is 5.73 Å². The fourth-order valence-electron chi connectivity index (χ4n) is 3.54. The summed E-state index contributed by atoms with van der Waals surface area (Å²) in [5.74, 6) is 0. The minimum absolute atomic E-state index is 0.0356. The van der Waals surface area contributed by atoms with Gasteiger partial charge in [0.2, 0.25) is 6.41 Å². The summed E-state index contributed by atoms with van der Waals surface area (Å²) in [6.45, 7) is 4.05. The number of aliphatic hydroxyl groups excluding tert-OH is 1. The monoisotopic (exact) mass is 508 g/mol. The van der Waals surface area contributed by atoms with Gasteiger partial charge in [-0.05, 0) is 35.7 Å². The van der Waals surface area contributed by atoms with Gasteiger partial charge in [-0.25, -0.2) is 4.98 Å². The molecule has 0 spiro atoms. The minimum Gasteiger partial charge on any atom is -0.395 e. The molecule has 0 unspecified atom stereocenters. The van der Waals surface area contributed by atoms with Crippen LogP contribution in [0.25, 0.3) is 11.1 Å². The Labute approximate surface area is 207 Å². The zero-order valence-electron chi connectivity index (χ0n) is 19.7. The molecule has 3 N–H and O–H groups in total. The maximum absolute atomic E-state index is 13.7. The molecule has 0 saturated heterocycles. The van der Waals surface area contributed by atoms with Gasteiger partial charge in [0.05, 0.1) is 11.6 Å². The second-order valence-electron chi connectivity index (χ2n) is 7.80. The van der Waals surface area contributed by atoms with Crippen molar-refractivity contribution in [3.8, 4) is 11.1 Å². The molecule has 0 aliphatic rings. The van der Waals surface area contributed by atoms with Crippen molar-refractivity contribution < 1.29 is 23.1 Å². The molecular formula is C25H31F3N4O2S. The summed E-state index contributed by atoms with van der Waals surface area (Å²) in [6.07, 6.45) is 1.82. The Morgan fingerprint density at radius 3 is 2.51 bits per heavy atom. The lowest BCUT2D eigenvalue weighted by Crippen LogP contribution is -2.30. The number of nitrogens with zero attached hydrogens (tertiary/aromatic N) is 3. The number of unbranched alkanes of at least 4 members (excludes halogenated alkanes) is 1. The zero-order chi connectivity index (χ0) is 25.7. The van der Waals surface area contributed by atoms with E-state index in [1.807, 2.05) is 36.4 Å². The van der Waals surface area contributed by atoms with Crippen LogP contribution >= 0.6 is 11.3 Å². The molecule has 3 aromatic rings. The lowest BCUT2D eigenvalue weighted by Gasteiger charge is -2.20. The van der Waals surface area contributed by atoms with E-state index in [1.165, 1.54) is 0 Å². The number of carbonyl (C=O) groups excluding carboxylic acids is 1. The largest absolute Gasteiger partial charge is 0.434 e. The normalized spacial score (nSPS) is 11.3. The van der Waals surface area contributed by atoms with E-state index in [0.29, 0.717) is 24.5 Å². The van der Waals surface area contributed by atoms with Crippen LogP contribution in [0.1, 0.15) is 40.9 Å². The van der Waals surface area contributed by atoms with Gasteiger partial charge < -0.3 is 15.7 Å². The minimum atomic E-state index is -4.49. The number of thiazole rings is 1. The zero-order valence-corrected chi connectivity index (χ0v) is 20.5. The van der Waals surface area contributed by atoms with Crippen molar-refractivity contribution in [3.63, 3.8) is 0 Å². The summed E-state index contributed by atoms with van der Waals surface area (Å²) in [5, 5.41) is 9.73. The maximum Gasteiger partial charge on any atom is 0.434 e. The summed E-state index contributed by atoms with van der Waals surface area (Å²) in [7, 11) is 0. The number of pyridine rings is 1. The number of aliphatic hydroxyl groups is 1. The van der Waals surface area contributed by atoms with Gasteiger partial charge in [0.25, 0.3) is 0 Å². The SMILES string of the molecule is CCCCN(CCO)CCc1nc(C(F)(F)F)c(Cc2cccc(-c3cccnc3)c2)s1.NC=O. The summed E-state index contributed by atoms with van der Waals surface area (Å²) in [6, 6.07) is 11.3. The Morgan fingerprint density at radius 2 is 1.89 bits per heavy atom. The molecule has 0 aliphatic carbocycles. The van der Waals surface area contributed by atoms with Gasteiger partial charge >= 0.3 is 6.18 Å². The number of hydrogen-bond acceptors (Lipinski definition) is 6. The molecule has 3 rings (SSSR count). The lowest BCUT2D eigenvalue weighted by atomic mass is 10.0. The van der Waals surface area contributed by atoms with Crippen LogP contribution in [-0.4, -0.2) is 52.6 Å². The fraction of sp³-hybridized carbons (Fsp3) is 0.400. The second kappa shape index (κ2) is 14.6. The van der Waals surface area contributed by atoms with Crippen LogP contribution in [-0.2, 0) is 23.8 Å². The first-order valence-electron chi connectivity index (χ1n) is 11.4. The number of hydrogen-bond donors (Lipinski definition) is 2. The molecule has 190 valence electrons. The molecule has 0 atom stereocenters. The summed E-state index contributed by atoms with van der Waals surface area (Å²) in [5.41, 5.74) is 6.03. The van der Waals surface area contributed by atoms with E-state index in [1.54, 1.807) is 12.4 Å². The first kappa shape index (κ1) is 28.4. The van der Waals surface area contributed by atoms with E-state index in [0.717, 1.165) is 47.4 Å². The van der Waals surface area contributed by atoms with Crippen molar-refractivity contribution in [1.29, 1.82) is 0 Å². The highest BCUT2D eigenvalue weighted by atomic mass is 32.1. The van der Waals surface area contributed by atoms with Crippen molar-refractivity contribution in [2.45, 2.75) is 38.8 Å². The fourth-order valence-corrected chi connectivity index (χ4v) is 4.65. The van der Waals surface area contributed by atoms with Crippen LogP contribution in [0.3, 0.4) is 0 Å². The number of nitrogens with two attached hydrogens (primary N) is 1. The lowest BCUT2D eigenvalue weighted by molar-refractivity contribution is -0.141. The summed E-state index contributed by atoms with van der Waals surface area (Å²) >= 11 is 1.13. The maximum atomic E-state index is 13.7. The third kappa shape index (κ3) is 9.39. The third-order valence-electron chi connectivity index (χ3n) is 5.18. The molecule has 10 heteroatoms.